The number of piperidine rings is 1. The lowest BCUT2D eigenvalue weighted by Gasteiger charge is -2.45. The lowest BCUT2D eigenvalue weighted by Crippen LogP contribution is -2.51. The van der Waals surface area contributed by atoms with Gasteiger partial charge in [0.05, 0.1) is 21.8 Å². The van der Waals surface area contributed by atoms with E-state index in [1.165, 1.54) is 22.5 Å². The van der Waals surface area contributed by atoms with Gasteiger partial charge in [0.2, 0.25) is 10.0 Å². The Morgan fingerprint density at radius 3 is 2.59 bits per heavy atom. The summed E-state index contributed by atoms with van der Waals surface area (Å²) >= 11 is 5.98. The maximum atomic E-state index is 13.8. The normalized spacial score (nSPS) is 18.1. The molecule has 1 N–H and O–H groups in total. The molecule has 0 atom stereocenters. The van der Waals surface area contributed by atoms with Crippen LogP contribution < -0.4 is 5.32 Å². The molecule has 2 aliphatic heterocycles. The SMILES string of the molecule is O=S(=O)(c1cccc(Cl)c1)N1CCC2(CC1)Nc1cc(F)ccc1-n1cccc12. The smallest absolute Gasteiger partial charge is 0.243 e. The molecule has 2 aromatic carbocycles. The first kappa shape index (κ1) is 18.7. The number of nitrogens with zero attached hydrogens (tertiary/aromatic N) is 2. The Labute approximate surface area is 173 Å². The molecule has 1 fully saturated rings. The van der Waals surface area contributed by atoms with Gasteiger partial charge in [-0.2, -0.15) is 4.31 Å². The molecule has 0 radical (unpaired) electrons. The first-order valence-corrected chi connectivity index (χ1v) is 11.2. The van der Waals surface area contributed by atoms with E-state index in [2.05, 4.69) is 9.88 Å². The molecule has 0 unspecified atom stereocenters. The number of nitrogens with one attached hydrogen (secondary N) is 1. The van der Waals surface area contributed by atoms with Crippen molar-refractivity contribution in [2.24, 2.45) is 0 Å². The number of aromatic nitrogens is 1. The Balaban J connectivity index is 1.46. The third kappa shape index (κ3) is 2.96. The molecular formula is C21H19ClFN3O2S. The van der Waals surface area contributed by atoms with Gasteiger partial charge in [0.1, 0.15) is 5.82 Å². The van der Waals surface area contributed by atoms with Crippen molar-refractivity contribution in [3.05, 3.63) is 77.3 Å². The molecule has 5 rings (SSSR count). The molecule has 0 bridgehead atoms. The zero-order chi connectivity index (χ0) is 20.2. The number of fused-ring (bicyclic) bond motifs is 4. The summed E-state index contributed by atoms with van der Waals surface area (Å²) in [4.78, 5) is 0.202. The number of rotatable bonds is 2. The summed E-state index contributed by atoms with van der Waals surface area (Å²) in [6.45, 7) is 0.718. The highest BCUT2D eigenvalue weighted by molar-refractivity contribution is 7.89. The van der Waals surface area contributed by atoms with Crippen molar-refractivity contribution in [3.8, 4) is 5.69 Å². The highest BCUT2D eigenvalue weighted by Crippen LogP contribution is 2.44. The van der Waals surface area contributed by atoms with Crippen LogP contribution in [0.3, 0.4) is 0 Å². The van der Waals surface area contributed by atoms with Gasteiger partial charge in [-0.05, 0) is 61.4 Å². The van der Waals surface area contributed by atoms with Gasteiger partial charge in [-0.25, -0.2) is 12.8 Å². The van der Waals surface area contributed by atoms with Crippen molar-refractivity contribution >= 4 is 27.3 Å². The lowest BCUT2D eigenvalue weighted by atomic mass is 9.83. The van der Waals surface area contributed by atoms with Crippen molar-refractivity contribution in [1.82, 2.24) is 8.87 Å². The third-order valence-corrected chi connectivity index (χ3v) is 7.97. The molecule has 0 saturated carbocycles. The predicted octanol–water partition coefficient (Wildman–Crippen LogP) is 4.38. The average molecular weight is 432 g/mol. The molecule has 1 spiro atoms. The van der Waals surface area contributed by atoms with Crippen molar-refractivity contribution in [2.45, 2.75) is 23.3 Å². The largest absolute Gasteiger partial charge is 0.372 e. The van der Waals surface area contributed by atoms with E-state index in [0.717, 1.165) is 17.1 Å². The first-order chi connectivity index (χ1) is 13.9. The molecule has 2 aliphatic rings. The molecule has 5 nitrogen and oxygen atoms in total. The second kappa shape index (κ2) is 6.58. The molecular weight excluding hydrogens is 413 g/mol. The van der Waals surface area contributed by atoms with E-state index in [-0.39, 0.29) is 10.7 Å². The van der Waals surface area contributed by atoms with E-state index in [1.807, 2.05) is 18.3 Å². The number of hydrogen-bond donors (Lipinski definition) is 1. The number of benzene rings is 2. The Kier molecular flexibility index (Phi) is 4.24. The fourth-order valence-electron chi connectivity index (χ4n) is 4.39. The van der Waals surface area contributed by atoms with Crippen LogP contribution in [0.4, 0.5) is 10.1 Å². The maximum absolute atomic E-state index is 13.8. The monoisotopic (exact) mass is 431 g/mol. The summed E-state index contributed by atoms with van der Waals surface area (Å²) in [5.41, 5.74) is 2.24. The van der Waals surface area contributed by atoms with E-state index >= 15 is 0 Å². The van der Waals surface area contributed by atoms with Crippen molar-refractivity contribution < 1.29 is 12.8 Å². The van der Waals surface area contributed by atoms with Gasteiger partial charge in [0.25, 0.3) is 0 Å². The summed E-state index contributed by atoms with van der Waals surface area (Å²) in [7, 11) is -3.62. The van der Waals surface area contributed by atoms with E-state index in [0.29, 0.717) is 31.0 Å². The molecule has 0 aliphatic carbocycles. The van der Waals surface area contributed by atoms with Crippen molar-refractivity contribution in [1.29, 1.82) is 0 Å². The van der Waals surface area contributed by atoms with Crippen LogP contribution in [0.15, 0.2) is 65.7 Å². The summed E-state index contributed by atoms with van der Waals surface area (Å²) in [5, 5.41) is 3.91. The van der Waals surface area contributed by atoms with Crippen LogP contribution in [0.1, 0.15) is 18.5 Å². The third-order valence-electron chi connectivity index (χ3n) is 5.84. The van der Waals surface area contributed by atoms with E-state index < -0.39 is 15.6 Å². The van der Waals surface area contributed by atoms with Gasteiger partial charge in [-0.1, -0.05) is 17.7 Å². The maximum Gasteiger partial charge on any atom is 0.243 e. The van der Waals surface area contributed by atoms with E-state index in [9.17, 15) is 12.8 Å². The summed E-state index contributed by atoms with van der Waals surface area (Å²) in [6, 6.07) is 15.0. The minimum absolute atomic E-state index is 0.202. The highest BCUT2D eigenvalue weighted by Gasteiger charge is 2.43. The summed E-state index contributed by atoms with van der Waals surface area (Å²) in [5.74, 6) is -0.303. The average Bonchev–Trinajstić information content (AvgIpc) is 3.19. The van der Waals surface area contributed by atoms with Crippen LogP contribution in [0.25, 0.3) is 5.69 Å². The number of sulfonamides is 1. The Morgan fingerprint density at radius 1 is 1.03 bits per heavy atom. The number of anilines is 1. The topological polar surface area (TPSA) is 54.3 Å². The standard InChI is InChI=1S/C21H19ClFN3O2S/c22-15-3-1-4-17(13-15)29(27,28)25-11-8-21(9-12-25)20-5-2-10-26(20)19-7-6-16(23)14-18(19)24-21/h1-7,10,13-14,24H,8-9,11-12H2. The van der Waals surface area contributed by atoms with Gasteiger partial charge >= 0.3 is 0 Å². The second-order valence-electron chi connectivity index (χ2n) is 7.49. The van der Waals surface area contributed by atoms with Gasteiger partial charge in [0, 0.05) is 30.0 Å². The molecule has 3 aromatic rings. The Morgan fingerprint density at radius 2 is 1.83 bits per heavy atom. The molecule has 3 heterocycles. The molecule has 29 heavy (non-hydrogen) atoms. The van der Waals surface area contributed by atoms with Crippen LogP contribution in [-0.4, -0.2) is 30.4 Å². The Hall–Kier alpha value is -2.35. The summed E-state index contributed by atoms with van der Waals surface area (Å²) < 4.78 is 43.5. The van der Waals surface area contributed by atoms with Crippen LogP contribution in [0.2, 0.25) is 5.02 Å². The fraction of sp³-hybridized carbons (Fsp3) is 0.238. The van der Waals surface area contributed by atoms with Crippen LogP contribution in [0, 0.1) is 5.82 Å². The fourth-order valence-corrected chi connectivity index (χ4v) is 6.13. The van der Waals surface area contributed by atoms with Crippen LogP contribution in [0.5, 0.6) is 0 Å². The molecule has 8 heteroatoms. The van der Waals surface area contributed by atoms with Gasteiger partial charge in [-0.15, -0.1) is 0 Å². The molecule has 1 saturated heterocycles. The predicted molar refractivity (Wildman–Crippen MR) is 110 cm³/mol. The zero-order valence-corrected chi connectivity index (χ0v) is 17.0. The molecule has 150 valence electrons. The zero-order valence-electron chi connectivity index (χ0n) is 15.5. The molecule has 1 aromatic heterocycles. The number of halogens is 2. The van der Waals surface area contributed by atoms with Crippen molar-refractivity contribution in [3.63, 3.8) is 0 Å². The van der Waals surface area contributed by atoms with Crippen LogP contribution >= 0.6 is 11.6 Å². The number of hydrogen-bond acceptors (Lipinski definition) is 3. The van der Waals surface area contributed by atoms with E-state index in [1.54, 1.807) is 24.3 Å². The van der Waals surface area contributed by atoms with Gasteiger partial charge in [0.15, 0.2) is 0 Å². The highest BCUT2D eigenvalue weighted by atomic mass is 35.5. The van der Waals surface area contributed by atoms with E-state index in [4.69, 9.17) is 11.6 Å². The minimum Gasteiger partial charge on any atom is -0.372 e. The van der Waals surface area contributed by atoms with Crippen LogP contribution in [-0.2, 0) is 15.6 Å². The molecule has 0 amide bonds. The Bertz CT molecular complexity index is 1200. The minimum atomic E-state index is -3.62. The van der Waals surface area contributed by atoms with Gasteiger partial charge < -0.3 is 9.88 Å². The van der Waals surface area contributed by atoms with Gasteiger partial charge in [-0.3, -0.25) is 0 Å². The quantitative estimate of drug-likeness (QED) is 0.655. The second-order valence-corrected chi connectivity index (χ2v) is 9.87. The lowest BCUT2D eigenvalue weighted by molar-refractivity contribution is 0.247. The first-order valence-electron chi connectivity index (χ1n) is 9.41. The van der Waals surface area contributed by atoms with Crippen molar-refractivity contribution in [2.75, 3.05) is 18.4 Å². The summed E-state index contributed by atoms with van der Waals surface area (Å²) in [6.07, 6.45) is 3.11.